The number of carbonyl (C=O) groups excluding carboxylic acids is 1. The van der Waals surface area contributed by atoms with Crippen LogP contribution in [0.15, 0.2) is 24.3 Å². The van der Waals surface area contributed by atoms with Gasteiger partial charge < -0.3 is 20.8 Å². The van der Waals surface area contributed by atoms with Gasteiger partial charge in [0.05, 0.1) is 6.10 Å². The number of likely N-dealkylation sites (tertiary alicyclic amines) is 1. The van der Waals surface area contributed by atoms with Crippen LogP contribution in [0.2, 0.25) is 0 Å². The number of carboxylic acid groups (broad SMARTS) is 1. The summed E-state index contributed by atoms with van der Waals surface area (Å²) in [7, 11) is 0. The third-order valence-corrected chi connectivity index (χ3v) is 3.46. The van der Waals surface area contributed by atoms with Crippen LogP contribution in [-0.4, -0.2) is 52.2 Å². The summed E-state index contributed by atoms with van der Waals surface area (Å²) in [6.07, 6.45) is 0.0256. The fourth-order valence-corrected chi connectivity index (χ4v) is 2.42. The molecule has 2 atom stereocenters. The normalized spacial score (nSPS) is 22.0. The third-order valence-electron chi connectivity index (χ3n) is 3.46. The SMILES string of the molecule is NCCc1ccc(C(=O)N2CC(O)CC2C(=O)O)cc1. The van der Waals surface area contributed by atoms with Crippen molar-refractivity contribution in [2.24, 2.45) is 5.73 Å². The molecular weight excluding hydrogens is 260 g/mol. The van der Waals surface area contributed by atoms with Crippen molar-refractivity contribution in [3.8, 4) is 0 Å². The number of aliphatic carboxylic acids is 1. The van der Waals surface area contributed by atoms with Gasteiger partial charge >= 0.3 is 5.97 Å². The second-order valence-corrected chi connectivity index (χ2v) is 4.94. The molecule has 20 heavy (non-hydrogen) atoms. The summed E-state index contributed by atoms with van der Waals surface area (Å²) >= 11 is 0. The molecule has 2 unspecified atom stereocenters. The number of aliphatic hydroxyl groups excluding tert-OH is 1. The zero-order valence-electron chi connectivity index (χ0n) is 11.0. The molecule has 2 rings (SSSR count). The summed E-state index contributed by atoms with van der Waals surface area (Å²) in [5, 5.41) is 18.7. The number of benzene rings is 1. The second kappa shape index (κ2) is 6.02. The van der Waals surface area contributed by atoms with Crippen molar-refractivity contribution in [1.29, 1.82) is 0 Å². The van der Waals surface area contributed by atoms with Crippen LogP contribution in [0.5, 0.6) is 0 Å². The first-order valence-corrected chi connectivity index (χ1v) is 6.53. The lowest BCUT2D eigenvalue weighted by molar-refractivity contribution is -0.141. The Balaban J connectivity index is 2.15. The van der Waals surface area contributed by atoms with Gasteiger partial charge in [-0.15, -0.1) is 0 Å². The predicted octanol–water partition coefficient (Wildman–Crippen LogP) is -0.152. The fraction of sp³-hybridized carbons (Fsp3) is 0.429. The molecule has 1 fully saturated rings. The van der Waals surface area contributed by atoms with E-state index in [-0.39, 0.29) is 18.9 Å². The maximum Gasteiger partial charge on any atom is 0.326 e. The Morgan fingerprint density at radius 2 is 1.95 bits per heavy atom. The summed E-state index contributed by atoms with van der Waals surface area (Å²) in [6, 6.07) is 5.99. The van der Waals surface area contributed by atoms with E-state index in [0.29, 0.717) is 12.1 Å². The molecule has 1 heterocycles. The van der Waals surface area contributed by atoms with Gasteiger partial charge in [0, 0.05) is 18.5 Å². The summed E-state index contributed by atoms with van der Waals surface area (Å²) < 4.78 is 0. The highest BCUT2D eigenvalue weighted by molar-refractivity contribution is 5.97. The Kier molecular flexibility index (Phi) is 4.36. The van der Waals surface area contributed by atoms with Crippen molar-refractivity contribution in [3.63, 3.8) is 0 Å². The van der Waals surface area contributed by atoms with Crippen LogP contribution in [0.25, 0.3) is 0 Å². The third kappa shape index (κ3) is 2.97. The number of aliphatic hydroxyl groups is 1. The Morgan fingerprint density at radius 1 is 1.30 bits per heavy atom. The minimum absolute atomic E-state index is 0.0559. The van der Waals surface area contributed by atoms with E-state index in [2.05, 4.69) is 0 Å². The number of amides is 1. The van der Waals surface area contributed by atoms with Gasteiger partial charge in [0.2, 0.25) is 0 Å². The molecule has 1 aromatic rings. The molecule has 1 amide bonds. The average molecular weight is 278 g/mol. The molecular formula is C14H18N2O4. The van der Waals surface area contributed by atoms with Gasteiger partial charge in [0.15, 0.2) is 0 Å². The molecule has 108 valence electrons. The largest absolute Gasteiger partial charge is 0.480 e. The Bertz CT molecular complexity index is 500. The average Bonchev–Trinajstić information content (AvgIpc) is 2.81. The molecule has 1 saturated heterocycles. The van der Waals surface area contributed by atoms with E-state index in [4.69, 9.17) is 10.8 Å². The smallest absolute Gasteiger partial charge is 0.326 e. The first kappa shape index (κ1) is 14.5. The fourth-order valence-electron chi connectivity index (χ4n) is 2.42. The summed E-state index contributed by atoms with van der Waals surface area (Å²) in [5.41, 5.74) is 6.91. The number of rotatable bonds is 4. The van der Waals surface area contributed by atoms with Gasteiger partial charge in [0.25, 0.3) is 5.91 Å². The van der Waals surface area contributed by atoms with Crippen molar-refractivity contribution in [3.05, 3.63) is 35.4 Å². The molecule has 1 aromatic carbocycles. The summed E-state index contributed by atoms with van der Waals surface area (Å²) in [5.74, 6) is -1.46. The van der Waals surface area contributed by atoms with Gasteiger partial charge in [-0.1, -0.05) is 12.1 Å². The number of nitrogens with two attached hydrogens (primary N) is 1. The number of nitrogens with zero attached hydrogens (tertiary/aromatic N) is 1. The minimum Gasteiger partial charge on any atom is -0.480 e. The standard InChI is InChI=1S/C14H18N2O4/c15-6-5-9-1-3-10(4-2-9)13(18)16-8-11(17)7-12(16)14(19)20/h1-4,11-12,17H,5-8,15H2,(H,19,20). The Labute approximate surface area is 116 Å². The summed E-state index contributed by atoms with van der Waals surface area (Å²) in [4.78, 5) is 24.6. The van der Waals surface area contributed by atoms with Crippen molar-refractivity contribution < 1.29 is 19.8 Å². The highest BCUT2D eigenvalue weighted by Gasteiger charge is 2.39. The van der Waals surface area contributed by atoms with Crippen LogP contribution in [0.4, 0.5) is 0 Å². The highest BCUT2D eigenvalue weighted by Crippen LogP contribution is 2.21. The van der Waals surface area contributed by atoms with Gasteiger partial charge in [-0.2, -0.15) is 0 Å². The monoisotopic (exact) mass is 278 g/mol. The molecule has 6 heteroatoms. The molecule has 0 radical (unpaired) electrons. The molecule has 1 aliphatic rings. The van der Waals surface area contributed by atoms with Crippen LogP contribution in [-0.2, 0) is 11.2 Å². The molecule has 1 aliphatic heterocycles. The number of carboxylic acids is 1. The minimum atomic E-state index is -1.09. The molecule has 0 aromatic heterocycles. The van der Waals surface area contributed by atoms with Gasteiger partial charge in [-0.25, -0.2) is 4.79 Å². The molecule has 0 saturated carbocycles. The van der Waals surface area contributed by atoms with Crippen LogP contribution in [0.3, 0.4) is 0 Å². The predicted molar refractivity (Wildman–Crippen MR) is 72.3 cm³/mol. The van der Waals surface area contributed by atoms with Crippen molar-refractivity contribution in [2.45, 2.75) is 25.0 Å². The second-order valence-electron chi connectivity index (χ2n) is 4.94. The Morgan fingerprint density at radius 3 is 2.50 bits per heavy atom. The van der Waals surface area contributed by atoms with Gasteiger partial charge in [-0.05, 0) is 30.7 Å². The maximum atomic E-state index is 12.3. The van der Waals surface area contributed by atoms with E-state index in [1.165, 1.54) is 4.90 Å². The van der Waals surface area contributed by atoms with Crippen LogP contribution in [0.1, 0.15) is 22.3 Å². The topological polar surface area (TPSA) is 104 Å². The number of hydrogen-bond acceptors (Lipinski definition) is 4. The lowest BCUT2D eigenvalue weighted by Gasteiger charge is -2.21. The van der Waals surface area contributed by atoms with Crippen molar-refractivity contribution in [1.82, 2.24) is 4.90 Å². The number of hydrogen-bond donors (Lipinski definition) is 3. The van der Waals surface area contributed by atoms with Crippen molar-refractivity contribution >= 4 is 11.9 Å². The number of carbonyl (C=O) groups is 2. The maximum absolute atomic E-state index is 12.3. The summed E-state index contributed by atoms with van der Waals surface area (Å²) in [6.45, 7) is 0.590. The van der Waals surface area contributed by atoms with E-state index in [1.807, 2.05) is 12.1 Å². The Hall–Kier alpha value is -1.92. The van der Waals surface area contributed by atoms with Crippen LogP contribution in [0, 0.1) is 0 Å². The quantitative estimate of drug-likeness (QED) is 0.710. The van der Waals surface area contributed by atoms with E-state index in [1.54, 1.807) is 12.1 Å². The number of β-amino-alcohol motifs (C(OH)–C–C–N with tert-alkyl or cyclic N) is 1. The van der Waals surface area contributed by atoms with E-state index in [0.717, 1.165) is 12.0 Å². The van der Waals surface area contributed by atoms with Crippen LogP contribution < -0.4 is 5.73 Å². The molecule has 4 N–H and O–H groups in total. The van der Waals surface area contributed by atoms with Gasteiger partial charge in [-0.3, -0.25) is 4.79 Å². The van der Waals surface area contributed by atoms with Gasteiger partial charge in [0.1, 0.15) is 6.04 Å². The zero-order valence-corrected chi connectivity index (χ0v) is 11.0. The highest BCUT2D eigenvalue weighted by atomic mass is 16.4. The first-order chi connectivity index (χ1) is 9.52. The van der Waals surface area contributed by atoms with E-state index in [9.17, 15) is 14.7 Å². The zero-order chi connectivity index (χ0) is 14.7. The van der Waals surface area contributed by atoms with Crippen LogP contribution >= 0.6 is 0 Å². The molecule has 0 bridgehead atoms. The lowest BCUT2D eigenvalue weighted by Crippen LogP contribution is -2.40. The molecule has 6 nitrogen and oxygen atoms in total. The molecule has 0 aliphatic carbocycles. The van der Waals surface area contributed by atoms with Crippen molar-refractivity contribution in [2.75, 3.05) is 13.1 Å². The van der Waals surface area contributed by atoms with E-state index < -0.39 is 18.1 Å². The first-order valence-electron chi connectivity index (χ1n) is 6.53. The lowest BCUT2D eigenvalue weighted by atomic mass is 10.1. The molecule has 0 spiro atoms. The van der Waals surface area contributed by atoms with E-state index >= 15 is 0 Å².